The van der Waals surface area contributed by atoms with E-state index >= 15 is 0 Å². The maximum atomic E-state index is 12.6. The fourth-order valence-corrected chi connectivity index (χ4v) is 3.09. The largest absolute Gasteiger partial charge is 0.494 e. The molecule has 0 bridgehead atoms. The van der Waals surface area contributed by atoms with Gasteiger partial charge >= 0.3 is 0 Å². The summed E-state index contributed by atoms with van der Waals surface area (Å²) in [5.74, 6) is 0.573. The number of anilines is 1. The third-order valence-corrected chi connectivity index (χ3v) is 4.55. The summed E-state index contributed by atoms with van der Waals surface area (Å²) >= 11 is 0. The van der Waals surface area contributed by atoms with E-state index in [0.717, 1.165) is 17.6 Å². The molecular weight excluding hydrogens is 392 g/mol. The zero-order valence-electron chi connectivity index (χ0n) is 16.8. The number of aromatic nitrogens is 4. The first-order valence-corrected chi connectivity index (χ1v) is 9.51. The summed E-state index contributed by atoms with van der Waals surface area (Å²) in [6, 6.07) is 18.3. The molecule has 0 atom stereocenters. The monoisotopic (exact) mass is 412 g/mol. The molecule has 0 unspecified atom stereocenters. The molecule has 0 aliphatic rings. The van der Waals surface area contributed by atoms with Gasteiger partial charge < -0.3 is 15.5 Å². The van der Waals surface area contributed by atoms with Gasteiger partial charge in [-0.25, -0.2) is 9.36 Å². The zero-order chi connectivity index (χ0) is 21.6. The normalized spacial score (nSPS) is 11.2. The predicted octanol–water partition coefficient (Wildman–Crippen LogP) is 3.53. The van der Waals surface area contributed by atoms with Crippen LogP contribution in [0.2, 0.25) is 0 Å². The Morgan fingerprint density at radius 3 is 2.61 bits per heavy atom. The summed E-state index contributed by atoms with van der Waals surface area (Å²) < 4.78 is 8.87. The fourth-order valence-electron chi connectivity index (χ4n) is 3.09. The number of methoxy groups -OCH3 is 1. The van der Waals surface area contributed by atoms with Crippen LogP contribution in [0.3, 0.4) is 0 Å². The van der Waals surface area contributed by atoms with Gasteiger partial charge in [0.05, 0.1) is 18.5 Å². The molecule has 0 aliphatic carbocycles. The van der Waals surface area contributed by atoms with E-state index in [4.69, 9.17) is 10.1 Å². The molecule has 4 aromatic rings. The van der Waals surface area contributed by atoms with Crippen molar-refractivity contribution in [1.82, 2.24) is 19.6 Å². The maximum Gasteiger partial charge on any atom is 0.209 e. The fraction of sp³-hybridized carbons (Fsp3) is 0.0435. The summed E-state index contributed by atoms with van der Waals surface area (Å²) in [6.45, 7) is 0. The Balaban J connectivity index is 1.76. The average molecular weight is 412 g/mol. The summed E-state index contributed by atoms with van der Waals surface area (Å²) in [6.07, 6.45) is 7.74. The van der Waals surface area contributed by atoms with E-state index in [2.05, 4.69) is 15.5 Å². The molecule has 2 N–H and O–H groups in total. The summed E-state index contributed by atoms with van der Waals surface area (Å²) in [5.41, 5.74) is 2.63. The smallest absolute Gasteiger partial charge is 0.209 e. The molecule has 0 saturated heterocycles. The van der Waals surface area contributed by atoms with Gasteiger partial charge in [0.25, 0.3) is 0 Å². The van der Waals surface area contributed by atoms with Gasteiger partial charge in [0.1, 0.15) is 11.4 Å². The quantitative estimate of drug-likeness (QED) is 0.453. The van der Waals surface area contributed by atoms with Gasteiger partial charge in [-0.3, -0.25) is 4.79 Å². The highest BCUT2D eigenvalue weighted by molar-refractivity contribution is 5.86. The molecule has 0 radical (unpaired) electrons. The highest BCUT2D eigenvalue weighted by Crippen LogP contribution is 2.25. The van der Waals surface area contributed by atoms with Gasteiger partial charge in [0.2, 0.25) is 5.43 Å². The molecular formula is C23H20N6O2. The number of rotatable bonds is 7. The van der Waals surface area contributed by atoms with Crippen LogP contribution in [0.1, 0.15) is 5.69 Å². The van der Waals surface area contributed by atoms with Crippen LogP contribution < -0.4 is 15.5 Å². The van der Waals surface area contributed by atoms with Crippen LogP contribution in [0.25, 0.3) is 17.1 Å². The van der Waals surface area contributed by atoms with Gasteiger partial charge in [0, 0.05) is 42.6 Å². The molecule has 2 heterocycles. The second-order valence-electron chi connectivity index (χ2n) is 6.52. The number of hydrogen-bond donors (Lipinski definition) is 2. The lowest BCUT2D eigenvalue weighted by atomic mass is 10.2. The van der Waals surface area contributed by atoms with Crippen molar-refractivity contribution < 1.29 is 4.74 Å². The van der Waals surface area contributed by atoms with Crippen molar-refractivity contribution in [2.75, 3.05) is 12.4 Å². The lowest BCUT2D eigenvalue weighted by molar-refractivity contribution is 0.411. The summed E-state index contributed by atoms with van der Waals surface area (Å²) in [4.78, 5) is 12.6. The van der Waals surface area contributed by atoms with Crippen LogP contribution in [0.4, 0.5) is 5.69 Å². The van der Waals surface area contributed by atoms with Crippen molar-refractivity contribution in [2.24, 2.45) is 0 Å². The van der Waals surface area contributed by atoms with Crippen molar-refractivity contribution in [3.8, 4) is 17.1 Å². The Morgan fingerprint density at radius 2 is 1.90 bits per heavy atom. The molecule has 31 heavy (non-hydrogen) atoms. The Labute approximate surface area is 178 Å². The second-order valence-corrected chi connectivity index (χ2v) is 6.52. The Kier molecular flexibility index (Phi) is 5.70. The first kappa shape index (κ1) is 19.8. The van der Waals surface area contributed by atoms with Crippen LogP contribution in [-0.4, -0.2) is 32.9 Å². The number of hydrogen-bond acceptors (Lipinski definition) is 6. The van der Waals surface area contributed by atoms with Gasteiger partial charge in [-0.1, -0.05) is 18.2 Å². The molecule has 2 aromatic carbocycles. The van der Waals surface area contributed by atoms with E-state index in [0.29, 0.717) is 17.1 Å². The van der Waals surface area contributed by atoms with Crippen LogP contribution >= 0.6 is 0 Å². The SMILES string of the molecule is COc1cc(-n2cccn2)ccc1-n1ccc(=O)c(/C(=C/C=N)Nc2ccccc2)n1. The number of ether oxygens (including phenoxy) is 1. The predicted molar refractivity (Wildman–Crippen MR) is 120 cm³/mol. The first-order valence-electron chi connectivity index (χ1n) is 9.51. The zero-order valence-corrected chi connectivity index (χ0v) is 16.8. The topological polar surface area (TPSA) is 97.8 Å². The van der Waals surface area contributed by atoms with Crippen molar-refractivity contribution in [3.63, 3.8) is 0 Å². The molecule has 2 aromatic heterocycles. The molecule has 0 fully saturated rings. The van der Waals surface area contributed by atoms with E-state index in [1.165, 1.54) is 12.1 Å². The van der Waals surface area contributed by atoms with Gasteiger partial charge in [-0.05, 0) is 36.4 Å². The third-order valence-electron chi connectivity index (χ3n) is 4.55. The van der Waals surface area contributed by atoms with E-state index in [9.17, 15) is 4.79 Å². The highest BCUT2D eigenvalue weighted by atomic mass is 16.5. The number of allylic oxidation sites excluding steroid dienone is 1. The van der Waals surface area contributed by atoms with Gasteiger partial charge in [-0.15, -0.1) is 0 Å². The minimum Gasteiger partial charge on any atom is -0.494 e. The molecule has 8 nitrogen and oxygen atoms in total. The molecule has 4 rings (SSSR count). The number of nitrogens with zero attached hydrogens (tertiary/aromatic N) is 4. The maximum absolute atomic E-state index is 12.6. The van der Waals surface area contributed by atoms with Crippen LogP contribution in [0, 0.1) is 5.41 Å². The Hall–Kier alpha value is -4.46. The van der Waals surface area contributed by atoms with E-state index in [-0.39, 0.29) is 11.1 Å². The number of para-hydroxylation sites is 1. The van der Waals surface area contributed by atoms with Crippen molar-refractivity contribution in [2.45, 2.75) is 0 Å². The van der Waals surface area contributed by atoms with Gasteiger partial charge in [0.15, 0.2) is 5.69 Å². The van der Waals surface area contributed by atoms with E-state index in [1.807, 2.05) is 60.8 Å². The van der Waals surface area contributed by atoms with Crippen molar-refractivity contribution in [3.05, 3.63) is 101 Å². The summed E-state index contributed by atoms with van der Waals surface area (Å²) in [7, 11) is 1.58. The average Bonchev–Trinajstić information content (AvgIpc) is 3.35. The lowest BCUT2D eigenvalue weighted by Crippen LogP contribution is -2.18. The van der Waals surface area contributed by atoms with E-state index in [1.54, 1.807) is 28.9 Å². The highest BCUT2D eigenvalue weighted by Gasteiger charge is 2.13. The second kappa shape index (κ2) is 8.91. The molecule has 0 amide bonds. The molecule has 154 valence electrons. The minimum absolute atomic E-state index is 0.188. The summed E-state index contributed by atoms with van der Waals surface area (Å²) in [5, 5.41) is 19.4. The van der Waals surface area contributed by atoms with Crippen molar-refractivity contribution in [1.29, 1.82) is 5.41 Å². The van der Waals surface area contributed by atoms with E-state index < -0.39 is 0 Å². The van der Waals surface area contributed by atoms with Crippen LogP contribution in [-0.2, 0) is 0 Å². The number of benzene rings is 2. The molecule has 8 heteroatoms. The molecule has 0 saturated carbocycles. The minimum atomic E-state index is -0.264. The Morgan fingerprint density at radius 1 is 1.06 bits per heavy atom. The first-order chi connectivity index (χ1) is 15.2. The third kappa shape index (κ3) is 4.27. The standard InChI is InChI=1S/C23H20N6O2/c1-31-22-16-18(28-14-5-13-25-28)8-9-20(22)29-15-11-21(30)23(27-29)19(10-12-24)26-17-6-3-2-4-7-17/h2-16,24,26H,1H3/b19-10-,24-12?. The van der Waals surface area contributed by atoms with Crippen LogP contribution in [0.5, 0.6) is 5.75 Å². The Bertz CT molecular complexity index is 1280. The molecule has 0 spiro atoms. The lowest BCUT2D eigenvalue weighted by Gasteiger charge is -2.15. The van der Waals surface area contributed by atoms with Gasteiger partial charge in [-0.2, -0.15) is 10.2 Å². The van der Waals surface area contributed by atoms with Crippen LogP contribution in [0.15, 0.2) is 90.1 Å². The van der Waals surface area contributed by atoms with Crippen molar-refractivity contribution >= 4 is 17.6 Å². The number of nitrogens with one attached hydrogen (secondary N) is 2. The molecule has 0 aliphatic heterocycles.